The molecule has 3 aromatic rings. The highest BCUT2D eigenvalue weighted by Gasteiger charge is 2.76. The molecule has 9 nitrogen and oxygen atoms in total. The summed E-state index contributed by atoms with van der Waals surface area (Å²) in [5.41, 5.74) is -0.0817. The first-order valence-corrected chi connectivity index (χ1v) is 11.7. The van der Waals surface area contributed by atoms with Gasteiger partial charge in [-0.15, -0.1) is 11.3 Å². The van der Waals surface area contributed by atoms with Gasteiger partial charge in [0, 0.05) is 13.0 Å². The molecule has 0 radical (unpaired) electrons. The lowest BCUT2D eigenvalue weighted by atomic mass is 9.99. The number of hydrogen-bond acceptors (Lipinski definition) is 9. The second-order valence-corrected chi connectivity index (χ2v) is 10.3. The van der Waals surface area contributed by atoms with E-state index in [9.17, 15) is 15.0 Å². The van der Waals surface area contributed by atoms with Gasteiger partial charge in [-0.3, -0.25) is 4.79 Å². The van der Waals surface area contributed by atoms with Crippen molar-refractivity contribution in [3.63, 3.8) is 0 Å². The first-order valence-electron chi connectivity index (χ1n) is 10.1. The van der Waals surface area contributed by atoms with Gasteiger partial charge in [-0.25, -0.2) is 15.0 Å². The number of imidazole rings is 1. The molecule has 11 heteroatoms. The number of fused-ring (bicyclic) bond motifs is 2. The van der Waals surface area contributed by atoms with Crippen LogP contribution in [0.25, 0.3) is 11.2 Å². The average molecular weight is 518 g/mol. The summed E-state index contributed by atoms with van der Waals surface area (Å²) in [5.74, 6) is 6.10. The number of ether oxygens (including phenoxy) is 1. The monoisotopic (exact) mass is 517 g/mol. The van der Waals surface area contributed by atoms with E-state index in [4.69, 9.17) is 4.74 Å². The minimum atomic E-state index is -1.21. The number of rotatable bonds is 4. The third-order valence-corrected chi connectivity index (χ3v) is 7.72. The summed E-state index contributed by atoms with van der Waals surface area (Å²) in [6.45, 7) is 1.94. The Morgan fingerprint density at radius 2 is 2.22 bits per heavy atom. The fourth-order valence-electron chi connectivity index (χ4n) is 4.64. The molecule has 2 fully saturated rings. The van der Waals surface area contributed by atoms with E-state index < -0.39 is 29.6 Å². The van der Waals surface area contributed by atoms with E-state index in [1.807, 2.05) is 12.1 Å². The normalized spacial score (nSPS) is 28.2. The first kappa shape index (κ1) is 21.3. The number of aliphatic hydroxyl groups excluding tert-OH is 2. The molecule has 0 unspecified atom stereocenters. The van der Waals surface area contributed by atoms with Crippen LogP contribution in [0.5, 0.6) is 0 Å². The topological polar surface area (TPSA) is 122 Å². The molecular formula is C21H20BrN5O4S. The molecule has 0 bridgehead atoms. The predicted octanol–water partition coefficient (Wildman–Crippen LogP) is 1.94. The molecule has 0 spiro atoms. The molecule has 2 saturated carbocycles. The largest absolute Gasteiger partial charge is 0.465 e. The number of anilines is 1. The number of nitrogens with zero attached hydrogens (tertiary/aromatic N) is 4. The Kier molecular flexibility index (Phi) is 5.21. The van der Waals surface area contributed by atoms with E-state index in [0.29, 0.717) is 29.2 Å². The summed E-state index contributed by atoms with van der Waals surface area (Å²) >= 11 is 4.93. The van der Waals surface area contributed by atoms with Crippen LogP contribution in [-0.4, -0.2) is 61.6 Å². The Balaban J connectivity index is 1.56. The third kappa shape index (κ3) is 3.13. The summed E-state index contributed by atoms with van der Waals surface area (Å²) < 4.78 is 7.88. The van der Waals surface area contributed by atoms with E-state index in [1.165, 1.54) is 11.3 Å². The van der Waals surface area contributed by atoms with Crippen LogP contribution < -0.4 is 5.32 Å². The Morgan fingerprint density at radius 3 is 2.91 bits per heavy atom. The maximum atomic E-state index is 12.5. The SMILES string of the molecule is CCOC(=O)[C@@]12C[C@@H]1[C@@H](n1cnc3c(NC)nc(C#Cc4ccc(Br)s4)nc31)[C@H](O)[C@@H]2O. The maximum absolute atomic E-state index is 12.5. The molecule has 2 aliphatic rings. The van der Waals surface area contributed by atoms with Crippen LogP contribution in [-0.2, 0) is 9.53 Å². The number of aromatic nitrogens is 4. The lowest BCUT2D eigenvalue weighted by molar-refractivity contribution is -0.156. The van der Waals surface area contributed by atoms with E-state index in [1.54, 1.807) is 24.9 Å². The van der Waals surface area contributed by atoms with Crippen molar-refractivity contribution in [3.8, 4) is 11.8 Å². The van der Waals surface area contributed by atoms with Gasteiger partial charge in [0.2, 0.25) is 5.82 Å². The van der Waals surface area contributed by atoms with Crippen molar-refractivity contribution < 1.29 is 19.7 Å². The minimum Gasteiger partial charge on any atom is -0.465 e. The fourth-order valence-corrected chi connectivity index (χ4v) is 5.88. The molecule has 3 heterocycles. The molecule has 5 atom stereocenters. The second kappa shape index (κ2) is 7.81. The number of halogens is 1. The zero-order valence-electron chi connectivity index (χ0n) is 17.2. The molecule has 0 aliphatic heterocycles. The highest BCUT2D eigenvalue weighted by molar-refractivity contribution is 9.11. The zero-order chi connectivity index (χ0) is 22.6. The van der Waals surface area contributed by atoms with Gasteiger partial charge in [0.15, 0.2) is 17.0 Å². The van der Waals surface area contributed by atoms with Crippen LogP contribution in [0, 0.1) is 23.2 Å². The van der Waals surface area contributed by atoms with E-state index >= 15 is 0 Å². The number of hydrogen-bond donors (Lipinski definition) is 3. The van der Waals surface area contributed by atoms with Crippen LogP contribution in [0.1, 0.15) is 30.1 Å². The number of nitrogens with one attached hydrogen (secondary N) is 1. The number of thiophene rings is 1. The van der Waals surface area contributed by atoms with Gasteiger partial charge in [-0.2, -0.15) is 0 Å². The molecule has 0 aromatic carbocycles. The minimum absolute atomic E-state index is 0.219. The Hall–Kier alpha value is -2.52. The third-order valence-electron chi connectivity index (χ3n) is 6.18. The summed E-state index contributed by atoms with van der Waals surface area (Å²) in [5, 5.41) is 24.6. The molecule has 5 rings (SSSR count). The molecule has 3 aromatic heterocycles. The Labute approximate surface area is 196 Å². The summed E-state index contributed by atoms with van der Waals surface area (Å²) in [7, 11) is 1.73. The Morgan fingerprint density at radius 1 is 1.41 bits per heavy atom. The molecule has 0 saturated heterocycles. The fraction of sp³-hybridized carbons (Fsp3) is 0.429. The lowest BCUT2D eigenvalue weighted by Gasteiger charge is -2.23. The van der Waals surface area contributed by atoms with Gasteiger partial charge < -0.3 is 24.8 Å². The number of aliphatic hydroxyl groups is 2. The van der Waals surface area contributed by atoms with Crippen molar-refractivity contribution in [2.24, 2.45) is 11.3 Å². The smallest absolute Gasteiger partial charge is 0.315 e. The van der Waals surface area contributed by atoms with Gasteiger partial charge in [0.05, 0.1) is 33.7 Å². The molecule has 2 aliphatic carbocycles. The van der Waals surface area contributed by atoms with Crippen LogP contribution in [0.15, 0.2) is 22.2 Å². The highest BCUT2D eigenvalue weighted by atomic mass is 79.9. The second-order valence-electron chi connectivity index (χ2n) is 7.82. The van der Waals surface area contributed by atoms with Gasteiger partial charge in [0.1, 0.15) is 11.5 Å². The molecule has 166 valence electrons. The molecule has 3 N–H and O–H groups in total. The maximum Gasteiger partial charge on any atom is 0.315 e. The lowest BCUT2D eigenvalue weighted by Crippen LogP contribution is -2.38. The molecular weight excluding hydrogens is 498 g/mol. The van der Waals surface area contributed by atoms with Crippen molar-refractivity contribution >= 4 is 50.2 Å². The summed E-state index contributed by atoms with van der Waals surface area (Å²) in [6.07, 6.45) is -0.357. The molecule has 32 heavy (non-hydrogen) atoms. The van der Waals surface area contributed by atoms with Crippen molar-refractivity contribution in [2.45, 2.75) is 31.6 Å². The van der Waals surface area contributed by atoms with Crippen molar-refractivity contribution in [2.75, 3.05) is 19.0 Å². The van der Waals surface area contributed by atoms with E-state index in [0.717, 1.165) is 8.66 Å². The van der Waals surface area contributed by atoms with Crippen molar-refractivity contribution in [3.05, 3.63) is 32.9 Å². The van der Waals surface area contributed by atoms with Gasteiger partial charge in [-0.1, -0.05) is 0 Å². The average Bonchev–Trinajstić information content (AvgIpc) is 3.03. The van der Waals surface area contributed by atoms with Crippen LogP contribution in [0.4, 0.5) is 5.82 Å². The van der Waals surface area contributed by atoms with Crippen molar-refractivity contribution in [1.82, 2.24) is 19.5 Å². The zero-order valence-corrected chi connectivity index (χ0v) is 19.6. The summed E-state index contributed by atoms with van der Waals surface area (Å²) in [4.78, 5) is 26.9. The number of carbonyl (C=O) groups excluding carboxylic acids is 1. The van der Waals surface area contributed by atoms with Gasteiger partial charge in [-0.05, 0) is 53.2 Å². The first-order chi connectivity index (χ1) is 15.4. The van der Waals surface area contributed by atoms with Gasteiger partial charge in [0.25, 0.3) is 0 Å². The Bertz CT molecular complexity index is 1280. The predicted molar refractivity (Wildman–Crippen MR) is 121 cm³/mol. The van der Waals surface area contributed by atoms with Crippen LogP contribution in [0.2, 0.25) is 0 Å². The summed E-state index contributed by atoms with van der Waals surface area (Å²) in [6, 6.07) is 3.26. The standard InChI is InChI=1S/C21H20BrN5O4S/c1-3-31-20(30)21-8-11(21)15(16(28)17(21)29)27-9-24-14-18(23-2)25-13(26-19(14)27)7-5-10-4-6-12(22)32-10/h4,6,9,11,15-17,28-29H,3,8H2,1-2H3,(H,23,25,26)/t11-,15-,16+,17+,21+/m1/s1. The highest BCUT2D eigenvalue weighted by Crippen LogP contribution is 2.68. The number of carbonyl (C=O) groups is 1. The van der Waals surface area contributed by atoms with Crippen molar-refractivity contribution in [1.29, 1.82) is 0 Å². The van der Waals surface area contributed by atoms with Crippen LogP contribution in [0.3, 0.4) is 0 Å². The van der Waals surface area contributed by atoms with Gasteiger partial charge >= 0.3 is 5.97 Å². The quantitative estimate of drug-likeness (QED) is 0.354. The number of esters is 1. The van der Waals surface area contributed by atoms with Crippen LogP contribution >= 0.6 is 27.3 Å². The molecule has 0 amide bonds. The van der Waals surface area contributed by atoms with E-state index in [2.05, 4.69) is 48.0 Å². The van der Waals surface area contributed by atoms with E-state index in [-0.39, 0.29) is 12.5 Å².